The van der Waals surface area contributed by atoms with E-state index in [2.05, 4.69) is 16.3 Å². The van der Waals surface area contributed by atoms with Gasteiger partial charge in [0.2, 0.25) is 0 Å². The van der Waals surface area contributed by atoms with Gasteiger partial charge in [-0.15, -0.1) is 8.78 Å². The molecule has 1 nitrogen and oxygen atoms in total. The van der Waals surface area contributed by atoms with Gasteiger partial charge in [0.25, 0.3) is 0 Å². The Hall–Kier alpha value is -0.540. The first-order valence-corrected chi connectivity index (χ1v) is 4.16. The average Bonchev–Trinajstić information content (AvgIpc) is 1.93. The molecule has 13 heavy (non-hydrogen) atoms. The van der Waals surface area contributed by atoms with E-state index in [1.54, 1.807) is 13.0 Å². The zero-order valence-electron chi connectivity index (χ0n) is 6.65. The van der Waals surface area contributed by atoms with Crippen LogP contribution in [0.15, 0.2) is 18.2 Å². The van der Waals surface area contributed by atoms with Crippen molar-refractivity contribution in [1.82, 2.24) is 0 Å². The van der Waals surface area contributed by atoms with E-state index in [1.165, 1.54) is 12.1 Å². The van der Waals surface area contributed by atoms with Gasteiger partial charge < -0.3 is 4.74 Å². The highest BCUT2D eigenvalue weighted by atomic mass is 35.5. The first-order chi connectivity index (χ1) is 5.88. The van der Waals surface area contributed by atoms with Crippen molar-refractivity contribution in [3.05, 3.63) is 28.8 Å². The van der Waals surface area contributed by atoms with Crippen molar-refractivity contribution >= 4 is 23.2 Å². The van der Waals surface area contributed by atoms with Crippen LogP contribution in [0.2, 0.25) is 5.02 Å². The molecule has 0 N–H and O–H groups in total. The molecule has 1 aromatic rings. The molecule has 1 rings (SSSR count). The van der Waals surface area contributed by atoms with E-state index in [0.29, 0.717) is 0 Å². The zero-order valence-corrected chi connectivity index (χ0v) is 8.16. The number of halogens is 4. The Morgan fingerprint density at radius 1 is 1.38 bits per heavy atom. The first-order valence-electron chi connectivity index (χ1n) is 3.40. The Labute approximate surface area is 84.2 Å². The van der Waals surface area contributed by atoms with Gasteiger partial charge >= 0.3 is 5.57 Å². The maximum absolute atomic E-state index is 12.2. The van der Waals surface area contributed by atoms with Gasteiger partial charge in [-0.05, 0) is 24.6 Å². The van der Waals surface area contributed by atoms with Crippen LogP contribution in [0.1, 0.15) is 5.56 Å². The second-order valence-corrected chi connectivity index (χ2v) is 3.33. The fourth-order valence-corrected chi connectivity index (χ4v) is 1.17. The molecule has 0 radical (unpaired) electrons. The van der Waals surface area contributed by atoms with Crippen LogP contribution in [-0.2, 0) is 0 Å². The van der Waals surface area contributed by atoms with E-state index < -0.39 is 5.57 Å². The van der Waals surface area contributed by atoms with Crippen LogP contribution in [0.4, 0.5) is 8.78 Å². The normalized spacial score (nSPS) is 11.5. The van der Waals surface area contributed by atoms with Gasteiger partial charge in [0.05, 0.1) is 5.02 Å². The summed E-state index contributed by atoms with van der Waals surface area (Å²) in [4.78, 5) is 0. The molecule has 0 unspecified atom stereocenters. The Morgan fingerprint density at radius 3 is 2.46 bits per heavy atom. The minimum Gasteiger partial charge on any atom is -0.418 e. The van der Waals surface area contributed by atoms with Crippen LogP contribution in [0.25, 0.3) is 0 Å². The summed E-state index contributed by atoms with van der Waals surface area (Å²) in [6.07, 6.45) is 0. The largest absolute Gasteiger partial charge is 0.487 e. The molecule has 0 heterocycles. The Bertz CT molecular complexity index is 310. The quantitative estimate of drug-likeness (QED) is 0.698. The SMILES string of the molecule is Cc1ccc(OC(F)(F)Cl)c(Cl)c1. The van der Waals surface area contributed by atoms with Gasteiger partial charge in [-0.3, -0.25) is 0 Å². The van der Waals surface area contributed by atoms with Crippen molar-refractivity contribution in [1.29, 1.82) is 0 Å². The smallest absolute Gasteiger partial charge is 0.418 e. The number of benzene rings is 1. The minimum absolute atomic E-state index is 0.111. The summed E-state index contributed by atoms with van der Waals surface area (Å²) in [6, 6.07) is 4.46. The molecule has 0 fully saturated rings. The van der Waals surface area contributed by atoms with E-state index in [4.69, 9.17) is 11.6 Å². The van der Waals surface area contributed by atoms with Gasteiger partial charge in [-0.2, -0.15) is 0 Å². The van der Waals surface area contributed by atoms with Gasteiger partial charge in [-0.1, -0.05) is 17.7 Å². The topological polar surface area (TPSA) is 9.23 Å². The molecule has 0 saturated carbocycles. The number of aryl methyl sites for hydroxylation is 1. The number of alkyl halides is 3. The molecular weight excluding hydrogens is 221 g/mol. The fraction of sp³-hybridized carbons (Fsp3) is 0.250. The summed E-state index contributed by atoms with van der Waals surface area (Å²) < 4.78 is 28.4. The van der Waals surface area contributed by atoms with Crippen LogP contribution < -0.4 is 4.74 Å². The lowest BCUT2D eigenvalue weighted by molar-refractivity contribution is -0.0964. The predicted molar refractivity (Wildman–Crippen MR) is 47.6 cm³/mol. The molecule has 5 heteroatoms. The molecule has 0 bridgehead atoms. The third kappa shape index (κ3) is 3.36. The number of hydrogen-bond donors (Lipinski definition) is 0. The van der Waals surface area contributed by atoms with Gasteiger partial charge in [0.15, 0.2) is 0 Å². The molecular formula is C8H6Cl2F2O. The van der Waals surface area contributed by atoms with Crippen molar-refractivity contribution in [2.45, 2.75) is 12.5 Å². The third-order valence-electron chi connectivity index (χ3n) is 1.31. The highest BCUT2D eigenvalue weighted by Gasteiger charge is 2.28. The van der Waals surface area contributed by atoms with E-state index in [0.717, 1.165) is 5.56 Å². The highest BCUT2D eigenvalue weighted by molar-refractivity contribution is 6.32. The summed E-state index contributed by atoms with van der Waals surface area (Å²) in [5.74, 6) is -0.132. The van der Waals surface area contributed by atoms with Crippen LogP contribution in [0.5, 0.6) is 5.75 Å². The molecule has 1 aromatic carbocycles. The van der Waals surface area contributed by atoms with Gasteiger partial charge in [-0.25, -0.2) is 0 Å². The van der Waals surface area contributed by atoms with Crippen LogP contribution in [0.3, 0.4) is 0 Å². The third-order valence-corrected chi connectivity index (χ3v) is 1.69. The zero-order chi connectivity index (χ0) is 10.1. The summed E-state index contributed by atoms with van der Waals surface area (Å²) in [5, 5.41) is 0.111. The average molecular weight is 227 g/mol. The predicted octanol–water partition coefficient (Wildman–Crippen LogP) is 3.82. The molecule has 0 aliphatic rings. The summed E-state index contributed by atoms with van der Waals surface area (Å²) in [7, 11) is 0. The van der Waals surface area contributed by atoms with Crippen molar-refractivity contribution in [2.24, 2.45) is 0 Å². The van der Waals surface area contributed by atoms with E-state index in [-0.39, 0.29) is 10.8 Å². The fourth-order valence-electron chi connectivity index (χ4n) is 0.813. The molecule has 72 valence electrons. The number of hydrogen-bond acceptors (Lipinski definition) is 1. The van der Waals surface area contributed by atoms with Crippen molar-refractivity contribution in [2.75, 3.05) is 0 Å². The maximum Gasteiger partial charge on any atom is 0.487 e. The lowest BCUT2D eigenvalue weighted by Crippen LogP contribution is -2.15. The molecule has 0 amide bonds. The number of ether oxygens (including phenoxy) is 1. The monoisotopic (exact) mass is 226 g/mol. The molecule has 0 aliphatic heterocycles. The Morgan fingerprint density at radius 2 is 2.00 bits per heavy atom. The molecule has 0 aromatic heterocycles. The van der Waals surface area contributed by atoms with Crippen molar-refractivity contribution in [3.63, 3.8) is 0 Å². The first kappa shape index (κ1) is 10.5. The van der Waals surface area contributed by atoms with E-state index in [9.17, 15) is 8.78 Å². The summed E-state index contributed by atoms with van der Waals surface area (Å²) >= 11 is 10.2. The van der Waals surface area contributed by atoms with Crippen molar-refractivity contribution in [3.8, 4) is 5.75 Å². The maximum atomic E-state index is 12.2. The second kappa shape index (κ2) is 3.68. The lowest BCUT2D eigenvalue weighted by Gasteiger charge is -2.11. The van der Waals surface area contributed by atoms with Crippen LogP contribution >= 0.6 is 23.2 Å². The second-order valence-electron chi connectivity index (χ2n) is 2.48. The van der Waals surface area contributed by atoms with Crippen LogP contribution in [-0.4, -0.2) is 5.57 Å². The number of rotatable bonds is 2. The minimum atomic E-state index is -3.72. The van der Waals surface area contributed by atoms with Crippen molar-refractivity contribution < 1.29 is 13.5 Å². The summed E-state index contributed by atoms with van der Waals surface area (Å²) in [6.45, 7) is 1.79. The molecule has 0 saturated heterocycles. The Kier molecular flexibility index (Phi) is 2.98. The molecule has 0 atom stereocenters. The van der Waals surface area contributed by atoms with E-state index in [1.807, 2.05) is 0 Å². The van der Waals surface area contributed by atoms with E-state index >= 15 is 0 Å². The highest BCUT2D eigenvalue weighted by Crippen LogP contribution is 2.31. The molecule has 0 aliphatic carbocycles. The van der Waals surface area contributed by atoms with Gasteiger partial charge in [0, 0.05) is 11.6 Å². The Balaban J connectivity index is 2.90. The standard InChI is InChI=1S/C8H6Cl2F2O/c1-5-2-3-7(6(9)4-5)13-8(10,11)12/h2-4H,1H3. The molecule has 0 spiro atoms. The van der Waals surface area contributed by atoms with Crippen LogP contribution in [0, 0.1) is 6.92 Å². The lowest BCUT2D eigenvalue weighted by atomic mass is 10.2. The summed E-state index contributed by atoms with van der Waals surface area (Å²) in [5.41, 5.74) is -2.87. The van der Waals surface area contributed by atoms with Gasteiger partial charge in [0.1, 0.15) is 5.75 Å².